The molecule has 5 aromatic rings. The van der Waals surface area contributed by atoms with Crippen molar-refractivity contribution in [3.05, 3.63) is 162 Å². The van der Waals surface area contributed by atoms with Crippen LogP contribution in [-0.2, 0) is 21.6 Å². The highest BCUT2D eigenvalue weighted by Crippen LogP contribution is 2.47. The van der Waals surface area contributed by atoms with Crippen molar-refractivity contribution in [1.82, 2.24) is 19.4 Å². The normalized spacial score (nSPS) is 15.5. The first-order valence-electron chi connectivity index (χ1n) is 14.6. The van der Waals surface area contributed by atoms with Crippen LogP contribution < -0.4 is 0 Å². The van der Waals surface area contributed by atoms with E-state index in [-0.39, 0.29) is 6.61 Å². The molecule has 8 heteroatoms. The molecule has 1 aliphatic rings. The third-order valence-electron chi connectivity index (χ3n) is 7.98. The number of hydrogen-bond acceptors (Lipinski definition) is 5. The molecule has 6 rings (SSSR count). The number of imidazole rings is 1. The summed E-state index contributed by atoms with van der Waals surface area (Å²) in [6.07, 6.45) is 1.53. The van der Waals surface area contributed by atoms with E-state index >= 15 is 0 Å². The maximum Gasteiger partial charge on any atom is 0.411 e. The van der Waals surface area contributed by atoms with Crippen LogP contribution in [0.25, 0.3) is 0 Å². The number of benzene rings is 4. The number of hydrogen-bond donors (Lipinski definition) is 0. The summed E-state index contributed by atoms with van der Waals surface area (Å²) in [4.78, 5) is 35.2. The van der Waals surface area contributed by atoms with Gasteiger partial charge in [0.2, 0.25) is 0 Å². The van der Waals surface area contributed by atoms with E-state index < -0.39 is 29.9 Å². The second-order valence-electron chi connectivity index (χ2n) is 10.9. The summed E-state index contributed by atoms with van der Waals surface area (Å²) in [7, 11) is 3.26. The minimum atomic E-state index is -1.12. The fourth-order valence-electron chi connectivity index (χ4n) is 6.01. The zero-order valence-corrected chi connectivity index (χ0v) is 24.7. The van der Waals surface area contributed by atoms with Gasteiger partial charge in [0, 0.05) is 33.0 Å². The summed E-state index contributed by atoms with van der Waals surface area (Å²) in [5, 5.41) is 0. The summed E-state index contributed by atoms with van der Waals surface area (Å²) in [6.45, 7) is 0.506. The number of nitrogens with zero attached hydrogens (tertiary/aromatic N) is 4. The Balaban J connectivity index is 1.57. The molecule has 44 heavy (non-hydrogen) atoms. The predicted molar refractivity (Wildman–Crippen MR) is 167 cm³/mol. The highest BCUT2D eigenvalue weighted by atomic mass is 16.6. The summed E-state index contributed by atoms with van der Waals surface area (Å²) >= 11 is 0. The van der Waals surface area contributed by atoms with Crippen LogP contribution >= 0.6 is 0 Å². The molecule has 1 fully saturated rings. The smallest absolute Gasteiger partial charge is 0.411 e. The lowest BCUT2D eigenvalue weighted by Gasteiger charge is -2.45. The zero-order chi connectivity index (χ0) is 30.5. The molecule has 0 N–H and O–H groups in total. The van der Waals surface area contributed by atoms with Crippen LogP contribution in [0.1, 0.15) is 34.2 Å². The predicted octanol–water partition coefficient (Wildman–Crippen LogP) is 6.48. The van der Waals surface area contributed by atoms with E-state index in [4.69, 9.17) is 14.5 Å². The van der Waals surface area contributed by atoms with Crippen LogP contribution in [0, 0.1) is 0 Å². The zero-order valence-electron chi connectivity index (χ0n) is 24.7. The van der Waals surface area contributed by atoms with Crippen molar-refractivity contribution in [2.75, 3.05) is 20.7 Å². The highest BCUT2D eigenvalue weighted by molar-refractivity contribution is 5.75. The number of carbonyl (C=O) groups is 2. The molecule has 0 bridgehead atoms. The maximum atomic E-state index is 14.1. The van der Waals surface area contributed by atoms with Crippen molar-refractivity contribution in [1.29, 1.82) is 0 Å². The van der Waals surface area contributed by atoms with Crippen molar-refractivity contribution >= 4 is 12.2 Å². The van der Waals surface area contributed by atoms with Gasteiger partial charge in [0.25, 0.3) is 0 Å². The van der Waals surface area contributed by atoms with Gasteiger partial charge in [-0.25, -0.2) is 14.6 Å². The minimum absolute atomic E-state index is 0.00332. The van der Waals surface area contributed by atoms with Crippen molar-refractivity contribution in [2.45, 2.75) is 24.2 Å². The van der Waals surface area contributed by atoms with E-state index in [2.05, 4.69) is 0 Å². The van der Waals surface area contributed by atoms with E-state index in [0.717, 1.165) is 22.3 Å². The molecule has 0 unspecified atom stereocenters. The quantitative estimate of drug-likeness (QED) is 0.185. The van der Waals surface area contributed by atoms with Crippen LogP contribution in [0.4, 0.5) is 9.59 Å². The standard InChI is InChI=1S/C36H34N4O4/c1-38(2)34(41)44-32(33-37-23-24-39(33)25-27-15-7-3-8-16-27)31-26-43-35(42)40(31)36(28-17-9-4-10-18-28,29-19-11-5-12-20-29)30-21-13-6-14-22-30/h3-24,31-32H,25-26H2,1-2H3/t31-,32-/m0/s1. The molecule has 1 aromatic heterocycles. The van der Waals surface area contributed by atoms with Gasteiger partial charge in [0.05, 0.1) is 0 Å². The first kappa shape index (κ1) is 28.7. The average molecular weight is 587 g/mol. The molecule has 0 aliphatic carbocycles. The van der Waals surface area contributed by atoms with Gasteiger partial charge in [-0.2, -0.15) is 0 Å². The van der Waals surface area contributed by atoms with Crippen LogP contribution in [0.3, 0.4) is 0 Å². The summed E-state index contributed by atoms with van der Waals surface area (Å²) in [5.41, 5.74) is 2.54. The molecular formula is C36H34N4O4. The van der Waals surface area contributed by atoms with Gasteiger partial charge in [0.15, 0.2) is 11.9 Å². The molecule has 2 heterocycles. The SMILES string of the molecule is CN(C)C(=O)O[C@H](c1nccn1Cc1ccccc1)[C@@H]1COC(=O)N1C(c1ccccc1)(c1ccccc1)c1ccccc1. The average Bonchev–Trinajstić information content (AvgIpc) is 3.69. The van der Waals surface area contributed by atoms with Gasteiger partial charge in [0.1, 0.15) is 18.2 Å². The Morgan fingerprint density at radius 2 is 1.36 bits per heavy atom. The molecule has 2 amide bonds. The van der Waals surface area contributed by atoms with E-state index in [1.54, 1.807) is 25.2 Å². The van der Waals surface area contributed by atoms with Crippen molar-refractivity contribution in [2.24, 2.45) is 0 Å². The van der Waals surface area contributed by atoms with E-state index in [9.17, 15) is 9.59 Å². The number of cyclic esters (lactones) is 1. The summed E-state index contributed by atoms with van der Waals surface area (Å²) < 4.78 is 14.1. The molecule has 1 saturated heterocycles. The number of ether oxygens (including phenoxy) is 2. The Bertz CT molecular complexity index is 1600. The molecule has 0 spiro atoms. The second kappa shape index (κ2) is 12.5. The van der Waals surface area contributed by atoms with Gasteiger partial charge >= 0.3 is 12.2 Å². The Morgan fingerprint density at radius 1 is 0.864 bits per heavy atom. The van der Waals surface area contributed by atoms with Crippen LogP contribution in [0.15, 0.2) is 134 Å². The largest absolute Gasteiger partial charge is 0.447 e. The van der Waals surface area contributed by atoms with E-state index in [1.807, 2.05) is 132 Å². The van der Waals surface area contributed by atoms with Gasteiger partial charge in [-0.05, 0) is 22.3 Å². The molecular weight excluding hydrogens is 552 g/mol. The Labute approximate surface area is 257 Å². The monoisotopic (exact) mass is 586 g/mol. The molecule has 4 aromatic carbocycles. The Kier molecular flexibility index (Phi) is 8.14. The van der Waals surface area contributed by atoms with Gasteiger partial charge in [-0.3, -0.25) is 4.90 Å². The molecule has 0 radical (unpaired) electrons. The van der Waals surface area contributed by atoms with Gasteiger partial charge in [-0.15, -0.1) is 0 Å². The van der Waals surface area contributed by atoms with Gasteiger partial charge in [-0.1, -0.05) is 121 Å². The molecule has 8 nitrogen and oxygen atoms in total. The lowest BCUT2D eigenvalue weighted by atomic mass is 9.75. The molecule has 1 aliphatic heterocycles. The Morgan fingerprint density at radius 3 is 1.86 bits per heavy atom. The maximum absolute atomic E-state index is 14.1. The lowest BCUT2D eigenvalue weighted by molar-refractivity contribution is 0.0134. The third kappa shape index (κ3) is 5.30. The van der Waals surface area contributed by atoms with Gasteiger partial charge < -0.3 is 18.9 Å². The number of rotatable bonds is 9. The second-order valence-corrected chi connectivity index (χ2v) is 10.9. The molecule has 222 valence electrons. The molecule has 0 saturated carbocycles. The lowest BCUT2D eigenvalue weighted by Crippen LogP contribution is -2.55. The van der Waals surface area contributed by atoms with Crippen molar-refractivity contribution in [3.63, 3.8) is 0 Å². The third-order valence-corrected chi connectivity index (χ3v) is 7.98. The fraction of sp³-hybridized carbons (Fsp3) is 0.194. The fourth-order valence-corrected chi connectivity index (χ4v) is 6.01. The van der Waals surface area contributed by atoms with Crippen LogP contribution in [0.5, 0.6) is 0 Å². The topological polar surface area (TPSA) is 76.9 Å². The Hall–Kier alpha value is -5.37. The minimum Gasteiger partial charge on any atom is -0.447 e. The summed E-state index contributed by atoms with van der Waals surface area (Å²) in [6, 6.07) is 39.0. The van der Waals surface area contributed by atoms with Crippen molar-refractivity contribution < 1.29 is 19.1 Å². The van der Waals surface area contributed by atoms with Crippen LogP contribution in [0.2, 0.25) is 0 Å². The highest BCUT2D eigenvalue weighted by Gasteiger charge is 2.55. The molecule has 2 atom stereocenters. The summed E-state index contributed by atoms with van der Waals surface area (Å²) in [5.74, 6) is 0.514. The number of amides is 2. The van der Waals surface area contributed by atoms with E-state index in [1.165, 1.54) is 4.90 Å². The first-order chi connectivity index (χ1) is 21.5. The van der Waals surface area contributed by atoms with E-state index in [0.29, 0.717) is 12.4 Å². The number of aromatic nitrogens is 2. The van der Waals surface area contributed by atoms with Crippen LogP contribution in [-0.4, -0.2) is 58.3 Å². The number of carbonyl (C=O) groups excluding carboxylic acids is 2. The first-order valence-corrected chi connectivity index (χ1v) is 14.6. The van der Waals surface area contributed by atoms with Crippen molar-refractivity contribution in [3.8, 4) is 0 Å².